The Balaban J connectivity index is 1.95. The molecule has 1 amide bonds. The fraction of sp³-hybridized carbons (Fsp3) is 0.667. The molecule has 0 spiro atoms. The Morgan fingerprint density at radius 2 is 2.18 bits per heavy atom. The van der Waals surface area contributed by atoms with E-state index in [0.717, 1.165) is 25.8 Å². The van der Waals surface area contributed by atoms with Crippen molar-refractivity contribution < 1.29 is 4.79 Å². The van der Waals surface area contributed by atoms with E-state index in [1.54, 1.807) is 0 Å². The number of rotatable bonds is 1. The largest absolute Gasteiger partial charge is 0.330 e. The van der Waals surface area contributed by atoms with E-state index in [2.05, 4.69) is 11.8 Å². The summed E-state index contributed by atoms with van der Waals surface area (Å²) in [5.41, 5.74) is 0. The molecule has 58 valence electrons. The topological polar surface area (TPSA) is 20.3 Å². The van der Waals surface area contributed by atoms with Crippen LogP contribution in [0.5, 0.6) is 0 Å². The molecule has 2 aliphatic rings. The Labute approximate surface area is 66.6 Å². The van der Waals surface area contributed by atoms with Crippen molar-refractivity contribution >= 4 is 5.91 Å². The lowest BCUT2D eigenvalue weighted by atomic mass is 10.2. The van der Waals surface area contributed by atoms with Crippen molar-refractivity contribution in [2.24, 2.45) is 5.92 Å². The molecule has 0 saturated heterocycles. The third kappa shape index (κ3) is 1.37. The SMILES string of the molecule is O=C(C1CC1)N1CC#CCC1. The summed E-state index contributed by atoms with van der Waals surface area (Å²) in [7, 11) is 0. The Morgan fingerprint density at radius 1 is 1.36 bits per heavy atom. The summed E-state index contributed by atoms with van der Waals surface area (Å²) in [6.45, 7) is 1.51. The zero-order chi connectivity index (χ0) is 7.68. The highest BCUT2D eigenvalue weighted by atomic mass is 16.2. The van der Waals surface area contributed by atoms with E-state index in [1.165, 1.54) is 0 Å². The standard InChI is InChI=1S/C9H11NO/c11-9(8-4-5-8)10-6-2-1-3-7-10/h8H,2,4-7H2. The van der Waals surface area contributed by atoms with Crippen LogP contribution in [0.4, 0.5) is 0 Å². The maximum atomic E-state index is 11.4. The van der Waals surface area contributed by atoms with Crippen molar-refractivity contribution in [3.8, 4) is 11.8 Å². The van der Waals surface area contributed by atoms with Gasteiger partial charge in [-0.15, -0.1) is 0 Å². The molecular formula is C9H11NO. The normalized spacial score (nSPS) is 22.4. The van der Waals surface area contributed by atoms with E-state index in [1.807, 2.05) is 4.90 Å². The number of hydrogen-bond donors (Lipinski definition) is 0. The van der Waals surface area contributed by atoms with Crippen LogP contribution in [-0.4, -0.2) is 23.9 Å². The van der Waals surface area contributed by atoms with Crippen molar-refractivity contribution in [3.63, 3.8) is 0 Å². The Kier molecular flexibility index (Phi) is 1.58. The smallest absolute Gasteiger partial charge is 0.226 e. The van der Waals surface area contributed by atoms with Gasteiger partial charge in [0.2, 0.25) is 5.91 Å². The molecule has 2 heteroatoms. The van der Waals surface area contributed by atoms with Gasteiger partial charge in [-0.3, -0.25) is 4.79 Å². The maximum Gasteiger partial charge on any atom is 0.226 e. The van der Waals surface area contributed by atoms with E-state index in [-0.39, 0.29) is 0 Å². The van der Waals surface area contributed by atoms with E-state index in [0.29, 0.717) is 18.4 Å². The summed E-state index contributed by atoms with van der Waals surface area (Å²) < 4.78 is 0. The fourth-order valence-corrected chi connectivity index (χ4v) is 1.29. The molecule has 1 aliphatic heterocycles. The molecule has 1 aliphatic carbocycles. The summed E-state index contributed by atoms with van der Waals surface area (Å²) in [5, 5.41) is 0. The minimum Gasteiger partial charge on any atom is -0.330 e. The molecule has 0 unspecified atom stereocenters. The molecule has 0 radical (unpaired) electrons. The van der Waals surface area contributed by atoms with Gasteiger partial charge in [-0.2, -0.15) is 0 Å². The highest BCUT2D eigenvalue weighted by Crippen LogP contribution is 2.31. The molecule has 0 atom stereocenters. The van der Waals surface area contributed by atoms with Crippen molar-refractivity contribution in [2.75, 3.05) is 13.1 Å². The van der Waals surface area contributed by atoms with Crippen molar-refractivity contribution in [3.05, 3.63) is 0 Å². The molecule has 0 N–H and O–H groups in total. The Hall–Kier alpha value is -0.970. The van der Waals surface area contributed by atoms with Crippen LogP contribution in [0.1, 0.15) is 19.3 Å². The molecule has 0 aromatic rings. The quantitative estimate of drug-likeness (QED) is 0.501. The minimum atomic E-state index is 0.332. The summed E-state index contributed by atoms with van der Waals surface area (Å²) in [4.78, 5) is 13.3. The molecule has 0 bridgehead atoms. The predicted molar refractivity (Wildman–Crippen MR) is 41.7 cm³/mol. The minimum absolute atomic E-state index is 0.332. The van der Waals surface area contributed by atoms with Crippen LogP contribution >= 0.6 is 0 Å². The van der Waals surface area contributed by atoms with Gasteiger partial charge in [0.25, 0.3) is 0 Å². The van der Waals surface area contributed by atoms with Gasteiger partial charge in [-0.25, -0.2) is 0 Å². The average molecular weight is 149 g/mol. The summed E-state index contributed by atoms with van der Waals surface area (Å²) in [6, 6.07) is 0. The second kappa shape index (κ2) is 2.58. The van der Waals surface area contributed by atoms with Crippen LogP contribution in [0, 0.1) is 17.8 Å². The lowest BCUT2D eigenvalue weighted by Gasteiger charge is -2.20. The van der Waals surface area contributed by atoms with Crippen LogP contribution in [0.15, 0.2) is 0 Å². The molecule has 2 nitrogen and oxygen atoms in total. The van der Waals surface area contributed by atoms with Gasteiger partial charge >= 0.3 is 0 Å². The van der Waals surface area contributed by atoms with Gasteiger partial charge in [0.05, 0.1) is 6.54 Å². The highest BCUT2D eigenvalue weighted by molar-refractivity contribution is 5.81. The van der Waals surface area contributed by atoms with Crippen LogP contribution in [-0.2, 0) is 4.79 Å². The lowest BCUT2D eigenvalue weighted by Crippen LogP contribution is -2.34. The van der Waals surface area contributed by atoms with Gasteiger partial charge in [0, 0.05) is 18.9 Å². The van der Waals surface area contributed by atoms with Crippen molar-refractivity contribution in [2.45, 2.75) is 19.3 Å². The first-order chi connectivity index (χ1) is 5.38. The Morgan fingerprint density at radius 3 is 2.73 bits per heavy atom. The number of hydrogen-bond acceptors (Lipinski definition) is 1. The first-order valence-electron chi connectivity index (χ1n) is 4.12. The maximum absolute atomic E-state index is 11.4. The van der Waals surface area contributed by atoms with Crippen LogP contribution in [0.25, 0.3) is 0 Å². The van der Waals surface area contributed by atoms with Gasteiger partial charge in [-0.1, -0.05) is 11.8 Å². The molecule has 0 aromatic heterocycles. The van der Waals surface area contributed by atoms with Gasteiger partial charge in [-0.05, 0) is 12.8 Å². The van der Waals surface area contributed by atoms with Gasteiger partial charge in [0.15, 0.2) is 0 Å². The number of amides is 1. The molecule has 11 heavy (non-hydrogen) atoms. The molecule has 2 rings (SSSR count). The average Bonchev–Trinajstić information content (AvgIpc) is 2.87. The van der Waals surface area contributed by atoms with Gasteiger partial charge in [0.1, 0.15) is 0 Å². The Bertz CT molecular complexity index is 232. The van der Waals surface area contributed by atoms with Crippen LogP contribution in [0.3, 0.4) is 0 Å². The molecule has 1 fully saturated rings. The predicted octanol–water partition coefficient (Wildman–Crippen LogP) is 0.632. The summed E-state index contributed by atoms with van der Waals surface area (Å²) in [6.07, 6.45) is 3.06. The van der Waals surface area contributed by atoms with Crippen LogP contribution in [0.2, 0.25) is 0 Å². The third-order valence-electron chi connectivity index (χ3n) is 2.14. The molecule has 0 aromatic carbocycles. The number of carbonyl (C=O) groups excluding carboxylic acids is 1. The van der Waals surface area contributed by atoms with E-state index < -0.39 is 0 Å². The fourth-order valence-electron chi connectivity index (χ4n) is 1.29. The zero-order valence-electron chi connectivity index (χ0n) is 6.47. The summed E-state index contributed by atoms with van der Waals surface area (Å²) in [5.74, 6) is 6.63. The highest BCUT2D eigenvalue weighted by Gasteiger charge is 2.33. The first kappa shape index (κ1) is 6.72. The van der Waals surface area contributed by atoms with E-state index in [9.17, 15) is 4.79 Å². The van der Waals surface area contributed by atoms with E-state index >= 15 is 0 Å². The molecule has 1 heterocycles. The molecular weight excluding hydrogens is 138 g/mol. The van der Waals surface area contributed by atoms with Gasteiger partial charge < -0.3 is 4.90 Å². The van der Waals surface area contributed by atoms with Crippen molar-refractivity contribution in [1.82, 2.24) is 4.90 Å². The monoisotopic (exact) mass is 149 g/mol. The lowest BCUT2D eigenvalue weighted by molar-refractivity contribution is -0.131. The second-order valence-corrected chi connectivity index (χ2v) is 3.14. The zero-order valence-corrected chi connectivity index (χ0v) is 6.47. The number of carbonyl (C=O) groups is 1. The third-order valence-corrected chi connectivity index (χ3v) is 2.14. The molecule has 1 saturated carbocycles. The number of nitrogens with zero attached hydrogens (tertiary/aromatic N) is 1. The first-order valence-corrected chi connectivity index (χ1v) is 4.12. The van der Waals surface area contributed by atoms with Crippen LogP contribution < -0.4 is 0 Å². The summed E-state index contributed by atoms with van der Waals surface area (Å²) >= 11 is 0. The van der Waals surface area contributed by atoms with Crippen molar-refractivity contribution in [1.29, 1.82) is 0 Å². The van der Waals surface area contributed by atoms with E-state index in [4.69, 9.17) is 0 Å². The second-order valence-electron chi connectivity index (χ2n) is 3.14.